The summed E-state index contributed by atoms with van der Waals surface area (Å²) in [6.45, 7) is 6.18. The average Bonchev–Trinajstić information content (AvgIpc) is 1.96. The van der Waals surface area contributed by atoms with Crippen molar-refractivity contribution in [2.24, 2.45) is 0 Å². The van der Waals surface area contributed by atoms with Crippen molar-refractivity contribution in [1.82, 2.24) is 10.2 Å². The summed E-state index contributed by atoms with van der Waals surface area (Å²) in [5, 5.41) is 11.3. The molecule has 1 aliphatic rings. The van der Waals surface area contributed by atoms with E-state index in [9.17, 15) is 9.59 Å². The standard InChI is InChI=1S/C10H18N2O4/c1-10(2,3)16-8(13)11-6-7-4-5-12(7)9(14)15/h7H,4-6H2,1-3H3,(H,11,13)(H,14,15). The van der Waals surface area contributed by atoms with Crippen LogP contribution in [0.1, 0.15) is 27.2 Å². The van der Waals surface area contributed by atoms with Crippen LogP contribution in [-0.2, 0) is 4.74 Å². The van der Waals surface area contributed by atoms with Crippen LogP contribution in [0, 0.1) is 0 Å². The van der Waals surface area contributed by atoms with Gasteiger partial charge in [-0.3, -0.25) is 0 Å². The molecule has 1 fully saturated rings. The lowest BCUT2D eigenvalue weighted by Gasteiger charge is -2.38. The van der Waals surface area contributed by atoms with Gasteiger partial charge in [-0.05, 0) is 27.2 Å². The van der Waals surface area contributed by atoms with Gasteiger partial charge in [0.15, 0.2) is 0 Å². The average molecular weight is 230 g/mol. The number of carbonyl (C=O) groups is 2. The molecule has 0 aromatic heterocycles. The zero-order valence-electron chi connectivity index (χ0n) is 9.82. The molecule has 0 bridgehead atoms. The number of hydrogen-bond donors (Lipinski definition) is 2. The largest absolute Gasteiger partial charge is 0.465 e. The first kappa shape index (κ1) is 12.6. The van der Waals surface area contributed by atoms with E-state index in [2.05, 4.69) is 5.32 Å². The van der Waals surface area contributed by atoms with Crippen molar-refractivity contribution >= 4 is 12.2 Å². The molecule has 1 rings (SSSR count). The lowest BCUT2D eigenvalue weighted by atomic mass is 10.0. The Bertz CT molecular complexity index is 285. The number of ether oxygens (including phenoxy) is 1. The summed E-state index contributed by atoms with van der Waals surface area (Å²) in [7, 11) is 0. The third-order valence-corrected chi connectivity index (χ3v) is 2.27. The van der Waals surface area contributed by atoms with Gasteiger partial charge >= 0.3 is 12.2 Å². The highest BCUT2D eigenvalue weighted by Crippen LogP contribution is 2.16. The van der Waals surface area contributed by atoms with Gasteiger partial charge in [0.25, 0.3) is 0 Å². The van der Waals surface area contributed by atoms with E-state index >= 15 is 0 Å². The Kier molecular flexibility index (Phi) is 3.62. The van der Waals surface area contributed by atoms with Crippen molar-refractivity contribution in [3.8, 4) is 0 Å². The highest BCUT2D eigenvalue weighted by Gasteiger charge is 2.32. The van der Waals surface area contributed by atoms with Gasteiger partial charge < -0.3 is 20.1 Å². The Labute approximate surface area is 94.6 Å². The van der Waals surface area contributed by atoms with Crippen LogP contribution >= 0.6 is 0 Å². The Morgan fingerprint density at radius 1 is 1.50 bits per heavy atom. The Balaban J connectivity index is 2.25. The first-order valence-corrected chi connectivity index (χ1v) is 5.26. The number of amides is 2. The number of nitrogens with zero attached hydrogens (tertiary/aromatic N) is 1. The number of alkyl carbamates (subject to hydrolysis) is 1. The fraction of sp³-hybridized carbons (Fsp3) is 0.800. The topological polar surface area (TPSA) is 78.9 Å². The molecule has 0 saturated carbocycles. The van der Waals surface area contributed by atoms with Crippen molar-refractivity contribution < 1.29 is 19.4 Å². The minimum atomic E-state index is -0.942. The van der Waals surface area contributed by atoms with E-state index in [0.717, 1.165) is 6.42 Å². The zero-order valence-corrected chi connectivity index (χ0v) is 9.82. The second-order valence-electron chi connectivity index (χ2n) is 4.80. The maximum absolute atomic E-state index is 11.3. The summed E-state index contributed by atoms with van der Waals surface area (Å²) in [6, 6.07) is -0.120. The summed E-state index contributed by atoms with van der Waals surface area (Å²) in [5.41, 5.74) is -0.532. The Morgan fingerprint density at radius 3 is 2.50 bits per heavy atom. The van der Waals surface area contributed by atoms with Gasteiger partial charge in [0.1, 0.15) is 5.60 Å². The van der Waals surface area contributed by atoms with Crippen molar-refractivity contribution in [3.05, 3.63) is 0 Å². The van der Waals surface area contributed by atoms with Crippen LogP contribution in [0.25, 0.3) is 0 Å². The van der Waals surface area contributed by atoms with Gasteiger partial charge in [-0.2, -0.15) is 0 Å². The van der Waals surface area contributed by atoms with E-state index in [-0.39, 0.29) is 6.04 Å². The van der Waals surface area contributed by atoms with Crippen LogP contribution < -0.4 is 5.32 Å². The van der Waals surface area contributed by atoms with Crippen LogP contribution in [0.5, 0.6) is 0 Å². The molecule has 1 unspecified atom stereocenters. The predicted molar refractivity (Wildman–Crippen MR) is 57.4 cm³/mol. The maximum atomic E-state index is 11.3. The molecule has 6 nitrogen and oxygen atoms in total. The first-order chi connectivity index (χ1) is 7.29. The zero-order chi connectivity index (χ0) is 12.3. The third-order valence-electron chi connectivity index (χ3n) is 2.27. The smallest absolute Gasteiger partial charge is 0.407 e. The van der Waals surface area contributed by atoms with Crippen LogP contribution in [0.3, 0.4) is 0 Å². The fourth-order valence-corrected chi connectivity index (χ4v) is 1.42. The van der Waals surface area contributed by atoms with Crippen molar-refractivity contribution in [3.63, 3.8) is 0 Å². The van der Waals surface area contributed by atoms with E-state index in [4.69, 9.17) is 9.84 Å². The molecule has 0 aromatic carbocycles. The predicted octanol–water partition coefficient (Wildman–Crippen LogP) is 1.26. The van der Waals surface area contributed by atoms with E-state index in [1.54, 1.807) is 20.8 Å². The molecule has 16 heavy (non-hydrogen) atoms. The maximum Gasteiger partial charge on any atom is 0.407 e. The molecule has 0 radical (unpaired) electrons. The van der Waals surface area contributed by atoms with Gasteiger partial charge in [0.2, 0.25) is 0 Å². The molecule has 0 aromatic rings. The Morgan fingerprint density at radius 2 is 2.12 bits per heavy atom. The van der Waals surface area contributed by atoms with Gasteiger partial charge in [0.05, 0.1) is 6.04 Å². The minimum Gasteiger partial charge on any atom is -0.465 e. The molecule has 1 heterocycles. The molecular formula is C10H18N2O4. The molecule has 0 spiro atoms. The number of hydrogen-bond acceptors (Lipinski definition) is 3. The molecule has 0 aliphatic carbocycles. The van der Waals surface area contributed by atoms with E-state index in [1.165, 1.54) is 4.90 Å². The Hall–Kier alpha value is -1.46. The van der Waals surface area contributed by atoms with Crippen LogP contribution in [-0.4, -0.2) is 46.9 Å². The van der Waals surface area contributed by atoms with Crippen LogP contribution in [0.4, 0.5) is 9.59 Å². The van der Waals surface area contributed by atoms with Gasteiger partial charge in [-0.25, -0.2) is 9.59 Å². The monoisotopic (exact) mass is 230 g/mol. The van der Waals surface area contributed by atoms with E-state index < -0.39 is 17.8 Å². The number of carbonyl (C=O) groups excluding carboxylic acids is 1. The molecule has 92 valence electrons. The lowest BCUT2D eigenvalue weighted by molar-refractivity contribution is 0.0444. The number of rotatable bonds is 2. The number of nitrogens with one attached hydrogen (secondary N) is 1. The summed E-state index contributed by atoms with van der Waals surface area (Å²) >= 11 is 0. The van der Waals surface area contributed by atoms with E-state index in [0.29, 0.717) is 13.1 Å². The second-order valence-corrected chi connectivity index (χ2v) is 4.80. The molecular weight excluding hydrogens is 212 g/mol. The molecule has 1 aliphatic heterocycles. The molecule has 2 N–H and O–H groups in total. The SMILES string of the molecule is CC(C)(C)OC(=O)NCC1CCN1C(=O)O. The normalized spacial score (nSPS) is 19.9. The molecule has 1 atom stereocenters. The van der Waals surface area contributed by atoms with Crippen molar-refractivity contribution in [2.45, 2.75) is 38.8 Å². The van der Waals surface area contributed by atoms with Crippen molar-refractivity contribution in [2.75, 3.05) is 13.1 Å². The van der Waals surface area contributed by atoms with E-state index in [1.807, 2.05) is 0 Å². The third kappa shape index (κ3) is 3.60. The second kappa shape index (κ2) is 4.59. The number of likely N-dealkylation sites (tertiary alicyclic amines) is 1. The first-order valence-electron chi connectivity index (χ1n) is 5.26. The van der Waals surface area contributed by atoms with Gasteiger partial charge in [-0.15, -0.1) is 0 Å². The highest BCUT2D eigenvalue weighted by atomic mass is 16.6. The van der Waals surface area contributed by atoms with Crippen LogP contribution in [0.15, 0.2) is 0 Å². The quantitative estimate of drug-likeness (QED) is 0.748. The van der Waals surface area contributed by atoms with Gasteiger partial charge in [0, 0.05) is 13.1 Å². The van der Waals surface area contributed by atoms with Crippen LogP contribution in [0.2, 0.25) is 0 Å². The van der Waals surface area contributed by atoms with Crippen molar-refractivity contribution in [1.29, 1.82) is 0 Å². The number of carboxylic acid groups (broad SMARTS) is 1. The summed E-state index contributed by atoms with van der Waals surface area (Å²) < 4.78 is 5.04. The summed E-state index contributed by atoms with van der Waals surface area (Å²) in [5.74, 6) is 0. The molecule has 2 amide bonds. The fourth-order valence-electron chi connectivity index (χ4n) is 1.42. The highest BCUT2D eigenvalue weighted by molar-refractivity contribution is 5.69. The molecule has 6 heteroatoms. The van der Waals surface area contributed by atoms with Gasteiger partial charge in [-0.1, -0.05) is 0 Å². The summed E-state index contributed by atoms with van der Waals surface area (Å²) in [4.78, 5) is 23.2. The lowest BCUT2D eigenvalue weighted by Crippen LogP contribution is -2.55. The molecule has 1 saturated heterocycles. The summed E-state index contributed by atoms with van der Waals surface area (Å²) in [6.07, 6.45) is -0.672. The minimum absolute atomic E-state index is 0.120.